The highest BCUT2D eigenvalue weighted by Crippen LogP contribution is 2.31. The third-order valence-corrected chi connectivity index (χ3v) is 5.41. The zero-order chi connectivity index (χ0) is 16.4. The monoisotopic (exact) mass is 329 g/mol. The molecule has 3 heterocycles. The van der Waals surface area contributed by atoms with E-state index in [-0.39, 0.29) is 0 Å². The molecule has 1 aromatic heterocycles. The molecule has 0 spiro atoms. The maximum absolute atomic E-state index is 12.1. The Hall–Kier alpha value is -1.85. The molecule has 130 valence electrons. The second-order valence-corrected chi connectivity index (χ2v) is 7.24. The fourth-order valence-electron chi connectivity index (χ4n) is 3.70. The molecule has 2 saturated heterocycles. The Labute approximate surface area is 143 Å². The molecule has 6 heteroatoms. The highest BCUT2D eigenvalue weighted by Gasteiger charge is 2.34. The molecule has 24 heavy (non-hydrogen) atoms. The molecule has 0 aromatic carbocycles. The van der Waals surface area contributed by atoms with Gasteiger partial charge >= 0.3 is 0 Å². The number of nitrogens with zero attached hydrogens (tertiary/aromatic N) is 5. The highest BCUT2D eigenvalue weighted by molar-refractivity contribution is 5.81. The van der Waals surface area contributed by atoms with Gasteiger partial charge in [-0.25, -0.2) is 0 Å². The van der Waals surface area contributed by atoms with Crippen molar-refractivity contribution in [2.24, 2.45) is 5.92 Å². The van der Waals surface area contributed by atoms with E-state index >= 15 is 0 Å². The predicted octanol–water partition coefficient (Wildman–Crippen LogP) is 1.92. The van der Waals surface area contributed by atoms with E-state index in [4.69, 9.17) is 0 Å². The van der Waals surface area contributed by atoms with Gasteiger partial charge in [0.2, 0.25) is 5.91 Å². The summed E-state index contributed by atoms with van der Waals surface area (Å²) in [7, 11) is 0. The fourth-order valence-corrected chi connectivity index (χ4v) is 3.70. The maximum Gasteiger partial charge on any atom is 0.225 e. The number of hydrogen-bond acceptors (Lipinski definition) is 5. The maximum atomic E-state index is 12.1. The molecule has 3 fully saturated rings. The molecule has 0 unspecified atom stereocenters. The quantitative estimate of drug-likeness (QED) is 0.848. The molecule has 1 aliphatic carbocycles. The lowest BCUT2D eigenvalue weighted by molar-refractivity contribution is -0.132. The van der Waals surface area contributed by atoms with Crippen LogP contribution in [0.3, 0.4) is 0 Å². The topological polar surface area (TPSA) is 52.6 Å². The normalized spacial score (nSPS) is 22.4. The zero-order valence-electron chi connectivity index (χ0n) is 14.4. The SMILES string of the molecule is O=C(C1CC1)N1CCN(c2ccc(N3CCCCCC3)nn2)CC1. The van der Waals surface area contributed by atoms with Crippen molar-refractivity contribution in [3.63, 3.8) is 0 Å². The van der Waals surface area contributed by atoms with Gasteiger partial charge in [0.25, 0.3) is 0 Å². The van der Waals surface area contributed by atoms with Gasteiger partial charge in [-0.05, 0) is 37.8 Å². The van der Waals surface area contributed by atoms with E-state index in [0.717, 1.165) is 63.7 Å². The summed E-state index contributed by atoms with van der Waals surface area (Å²) in [6, 6.07) is 4.20. The van der Waals surface area contributed by atoms with Crippen molar-refractivity contribution in [3.05, 3.63) is 12.1 Å². The van der Waals surface area contributed by atoms with Crippen LogP contribution in [0.1, 0.15) is 38.5 Å². The van der Waals surface area contributed by atoms with Crippen LogP contribution in [0.15, 0.2) is 12.1 Å². The Balaban J connectivity index is 1.34. The first-order valence-corrected chi connectivity index (χ1v) is 9.44. The molecular formula is C18H27N5O. The first kappa shape index (κ1) is 15.7. The number of aromatic nitrogens is 2. The molecule has 6 nitrogen and oxygen atoms in total. The van der Waals surface area contributed by atoms with Crippen LogP contribution in [0, 0.1) is 5.92 Å². The Morgan fingerprint density at radius 3 is 1.83 bits per heavy atom. The van der Waals surface area contributed by atoms with Crippen LogP contribution < -0.4 is 9.80 Å². The minimum absolute atomic E-state index is 0.323. The van der Waals surface area contributed by atoms with Gasteiger partial charge in [-0.1, -0.05) is 12.8 Å². The first-order chi connectivity index (χ1) is 11.8. The number of rotatable bonds is 3. The van der Waals surface area contributed by atoms with Crippen LogP contribution in [0.2, 0.25) is 0 Å². The van der Waals surface area contributed by atoms with Crippen molar-refractivity contribution in [2.75, 3.05) is 49.1 Å². The summed E-state index contributed by atoms with van der Waals surface area (Å²) in [5.74, 6) is 2.62. The van der Waals surface area contributed by atoms with Crippen LogP contribution in [0.4, 0.5) is 11.6 Å². The van der Waals surface area contributed by atoms with E-state index in [9.17, 15) is 4.79 Å². The van der Waals surface area contributed by atoms with Crippen LogP contribution in [-0.4, -0.2) is 60.3 Å². The van der Waals surface area contributed by atoms with Crippen LogP contribution >= 0.6 is 0 Å². The summed E-state index contributed by atoms with van der Waals surface area (Å²) in [4.78, 5) is 18.7. The Kier molecular flexibility index (Phi) is 4.54. The molecule has 1 amide bonds. The summed E-state index contributed by atoms with van der Waals surface area (Å²) < 4.78 is 0. The molecule has 1 aromatic rings. The average Bonchev–Trinajstić information content (AvgIpc) is 3.48. The van der Waals surface area contributed by atoms with Crippen molar-refractivity contribution in [1.29, 1.82) is 0 Å². The van der Waals surface area contributed by atoms with Gasteiger partial charge in [-0.15, -0.1) is 10.2 Å². The van der Waals surface area contributed by atoms with Crippen LogP contribution in [0.25, 0.3) is 0 Å². The minimum Gasteiger partial charge on any atom is -0.355 e. The number of anilines is 2. The van der Waals surface area contributed by atoms with E-state index in [2.05, 4.69) is 32.1 Å². The average molecular weight is 329 g/mol. The second-order valence-electron chi connectivity index (χ2n) is 7.24. The van der Waals surface area contributed by atoms with Gasteiger partial charge in [0.05, 0.1) is 0 Å². The molecule has 0 atom stereocenters. The standard InChI is InChI=1S/C18H27N5O/c24-18(15-5-6-15)23-13-11-22(12-14-23)17-8-7-16(19-20-17)21-9-3-1-2-4-10-21/h7-8,15H,1-6,9-14H2. The van der Waals surface area contributed by atoms with Gasteiger partial charge in [0.1, 0.15) is 0 Å². The number of hydrogen-bond donors (Lipinski definition) is 0. The number of amides is 1. The summed E-state index contributed by atoms with van der Waals surface area (Å²) in [6.07, 6.45) is 7.32. The molecule has 0 bridgehead atoms. The van der Waals surface area contributed by atoms with Crippen molar-refractivity contribution in [1.82, 2.24) is 15.1 Å². The highest BCUT2D eigenvalue weighted by atomic mass is 16.2. The lowest BCUT2D eigenvalue weighted by Crippen LogP contribution is -2.49. The second kappa shape index (κ2) is 6.95. The molecule has 4 rings (SSSR count). The van der Waals surface area contributed by atoms with Gasteiger partial charge in [0, 0.05) is 45.2 Å². The van der Waals surface area contributed by atoms with Gasteiger partial charge in [-0.2, -0.15) is 0 Å². The molecule has 3 aliphatic rings. The van der Waals surface area contributed by atoms with E-state index < -0.39 is 0 Å². The summed E-state index contributed by atoms with van der Waals surface area (Å²) >= 11 is 0. The van der Waals surface area contributed by atoms with Crippen molar-refractivity contribution in [3.8, 4) is 0 Å². The van der Waals surface area contributed by atoms with E-state index in [0.29, 0.717) is 11.8 Å². The lowest BCUT2D eigenvalue weighted by atomic mass is 10.2. The summed E-state index contributed by atoms with van der Waals surface area (Å²) in [6.45, 7) is 5.52. The van der Waals surface area contributed by atoms with Crippen molar-refractivity contribution >= 4 is 17.5 Å². The molecule has 2 aliphatic heterocycles. The summed E-state index contributed by atoms with van der Waals surface area (Å²) in [5, 5.41) is 8.92. The molecule has 0 radical (unpaired) electrons. The van der Waals surface area contributed by atoms with Gasteiger partial charge in [-0.3, -0.25) is 4.79 Å². The van der Waals surface area contributed by atoms with Crippen LogP contribution in [-0.2, 0) is 4.79 Å². The van der Waals surface area contributed by atoms with Gasteiger partial charge in [0.15, 0.2) is 11.6 Å². The Bertz CT molecular complexity index is 555. The van der Waals surface area contributed by atoms with E-state index in [1.807, 2.05) is 4.90 Å². The van der Waals surface area contributed by atoms with E-state index in [1.165, 1.54) is 25.7 Å². The van der Waals surface area contributed by atoms with Crippen LogP contribution in [0.5, 0.6) is 0 Å². The first-order valence-electron chi connectivity index (χ1n) is 9.44. The summed E-state index contributed by atoms with van der Waals surface area (Å²) in [5.41, 5.74) is 0. The Morgan fingerprint density at radius 2 is 1.33 bits per heavy atom. The molecular weight excluding hydrogens is 302 g/mol. The smallest absolute Gasteiger partial charge is 0.225 e. The lowest BCUT2D eigenvalue weighted by Gasteiger charge is -2.35. The molecule has 0 N–H and O–H groups in total. The Morgan fingerprint density at radius 1 is 0.792 bits per heavy atom. The van der Waals surface area contributed by atoms with E-state index in [1.54, 1.807) is 0 Å². The fraction of sp³-hybridized carbons (Fsp3) is 0.722. The number of piperazine rings is 1. The number of carbonyl (C=O) groups is 1. The van der Waals surface area contributed by atoms with Crippen molar-refractivity contribution < 1.29 is 4.79 Å². The third kappa shape index (κ3) is 3.47. The predicted molar refractivity (Wildman–Crippen MR) is 94.2 cm³/mol. The largest absolute Gasteiger partial charge is 0.355 e. The van der Waals surface area contributed by atoms with Crippen molar-refractivity contribution in [2.45, 2.75) is 38.5 Å². The van der Waals surface area contributed by atoms with Gasteiger partial charge < -0.3 is 14.7 Å². The third-order valence-electron chi connectivity index (χ3n) is 5.41. The zero-order valence-corrected chi connectivity index (χ0v) is 14.4. The number of carbonyl (C=O) groups excluding carboxylic acids is 1. The molecule has 1 saturated carbocycles. The minimum atomic E-state index is 0.323.